The normalized spacial score (nSPS) is 11.6. The highest BCUT2D eigenvalue weighted by atomic mass is 35.5. The zero-order valence-corrected chi connectivity index (χ0v) is 10.6. The third kappa shape index (κ3) is 1.97. The quantitative estimate of drug-likeness (QED) is 0.907. The van der Waals surface area contributed by atoms with E-state index in [4.69, 9.17) is 17.3 Å². The first kappa shape index (κ1) is 12.2. The van der Waals surface area contributed by atoms with Crippen LogP contribution in [0.15, 0.2) is 12.1 Å². The highest BCUT2D eigenvalue weighted by Gasteiger charge is 2.16. The van der Waals surface area contributed by atoms with Gasteiger partial charge in [0.05, 0.1) is 16.1 Å². The average molecular weight is 256 g/mol. The number of hydrogen-bond donors (Lipinski definition) is 1. The van der Waals surface area contributed by atoms with Crippen molar-refractivity contribution in [3.63, 3.8) is 0 Å². The molecule has 17 heavy (non-hydrogen) atoms. The molecule has 0 radical (unpaired) electrons. The van der Waals surface area contributed by atoms with Crippen molar-refractivity contribution in [2.45, 2.75) is 32.7 Å². The summed E-state index contributed by atoms with van der Waals surface area (Å²) in [7, 11) is 0. The van der Waals surface area contributed by atoms with Crippen molar-refractivity contribution in [2.75, 3.05) is 5.73 Å². The number of nitrogens with zero attached hydrogens (tertiary/aromatic N) is 2. The molecule has 2 aromatic rings. The molecule has 0 saturated heterocycles. The fourth-order valence-corrected chi connectivity index (χ4v) is 2.30. The molecule has 2 rings (SSSR count). The lowest BCUT2D eigenvalue weighted by molar-refractivity contribution is 0.489. The molecule has 92 valence electrons. The molecule has 0 aliphatic rings. The third-order valence-electron chi connectivity index (χ3n) is 3.07. The lowest BCUT2D eigenvalue weighted by atomic mass is 10.1. The molecule has 0 atom stereocenters. The summed E-state index contributed by atoms with van der Waals surface area (Å²) in [5, 5.41) is 0.101. The number of nitrogens with two attached hydrogens (primary N) is 1. The van der Waals surface area contributed by atoms with E-state index in [1.54, 1.807) is 6.07 Å². The molecule has 0 amide bonds. The van der Waals surface area contributed by atoms with Gasteiger partial charge in [0.15, 0.2) is 0 Å². The van der Waals surface area contributed by atoms with Gasteiger partial charge < -0.3 is 10.3 Å². The first-order valence-electron chi connectivity index (χ1n) is 5.70. The second-order valence-corrected chi connectivity index (χ2v) is 4.47. The molecule has 2 N–H and O–H groups in total. The largest absolute Gasteiger partial charge is 0.369 e. The molecule has 0 aliphatic heterocycles. The summed E-state index contributed by atoms with van der Waals surface area (Å²) in [5.74, 6) is -0.0521. The number of imidazole rings is 1. The van der Waals surface area contributed by atoms with Crippen LogP contribution in [0.25, 0.3) is 11.0 Å². The van der Waals surface area contributed by atoms with E-state index in [0.29, 0.717) is 11.5 Å². The van der Waals surface area contributed by atoms with Gasteiger partial charge >= 0.3 is 0 Å². The summed E-state index contributed by atoms with van der Waals surface area (Å²) < 4.78 is 15.3. The summed E-state index contributed by atoms with van der Waals surface area (Å²) in [6.45, 7) is 4.18. The van der Waals surface area contributed by atoms with Gasteiger partial charge in [0.1, 0.15) is 5.82 Å². The Kier molecular flexibility index (Phi) is 3.24. The van der Waals surface area contributed by atoms with Crippen LogP contribution in [0.3, 0.4) is 0 Å². The molecule has 0 aliphatic carbocycles. The Morgan fingerprint density at radius 3 is 2.65 bits per heavy atom. The number of fused-ring (bicyclic) bond motifs is 1. The van der Waals surface area contributed by atoms with Gasteiger partial charge in [0.2, 0.25) is 5.95 Å². The topological polar surface area (TPSA) is 43.8 Å². The van der Waals surface area contributed by atoms with Crippen LogP contribution in [0, 0.1) is 5.82 Å². The minimum Gasteiger partial charge on any atom is -0.369 e. The van der Waals surface area contributed by atoms with Crippen molar-refractivity contribution in [3.8, 4) is 0 Å². The van der Waals surface area contributed by atoms with Gasteiger partial charge in [-0.3, -0.25) is 0 Å². The Hall–Kier alpha value is -1.29. The highest BCUT2D eigenvalue weighted by Crippen LogP contribution is 2.29. The number of anilines is 1. The Balaban J connectivity index is 2.70. The lowest BCUT2D eigenvalue weighted by Gasteiger charge is -2.17. The van der Waals surface area contributed by atoms with Crippen molar-refractivity contribution in [1.82, 2.24) is 9.55 Å². The van der Waals surface area contributed by atoms with Crippen LogP contribution in [0.1, 0.15) is 32.7 Å². The van der Waals surface area contributed by atoms with Crippen molar-refractivity contribution in [3.05, 3.63) is 23.0 Å². The van der Waals surface area contributed by atoms with E-state index in [9.17, 15) is 4.39 Å². The molecule has 1 heterocycles. The Morgan fingerprint density at radius 2 is 2.06 bits per heavy atom. The zero-order chi connectivity index (χ0) is 12.6. The maximum absolute atomic E-state index is 13.3. The number of benzene rings is 1. The summed E-state index contributed by atoms with van der Waals surface area (Å²) in [6.07, 6.45) is 1.89. The molecule has 0 spiro atoms. The summed E-state index contributed by atoms with van der Waals surface area (Å²) in [6, 6.07) is 3.18. The van der Waals surface area contributed by atoms with Crippen LogP contribution in [0.2, 0.25) is 5.02 Å². The maximum atomic E-state index is 13.3. The fraction of sp³-hybridized carbons (Fsp3) is 0.417. The number of halogens is 2. The van der Waals surface area contributed by atoms with E-state index in [2.05, 4.69) is 18.8 Å². The van der Waals surface area contributed by atoms with E-state index in [0.717, 1.165) is 18.4 Å². The Bertz CT molecular complexity index is 546. The number of nitrogen functional groups attached to an aromatic ring is 1. The summed E-state index contributed by atoms with van der Waals surface area (Å²) in [4.78, 5) is 4.17. The van der Waals surface area contributed by atoms with Gasteiger partial charge in [-0.2, -0.15) is 0 Å². The number of aromatic nitrogens is 2. The monoisotopic (exact) mass is 255 g/mol. The van der Waals surface area contributed by atoms with Crippen molar-refractivity contribution >= 4 is 28.6 Å². The van der Waals surface area contributed by atoms with E-state index >= 15 is 0 Å². The predicted octanol–water partition coefficient (Wildman–Crippen LogP) is 3.77. The summed E-state index contributed by atoms with van der Waals surface area (Å²) in [5.41, 5.74) is 7.24. The SMILES string of the molecule is CCC(CC)n1c(N)nc2cc(F)c(Cl)cc21. The van der Waals surface area contributed by atoms with Crippen LogP contribution in [0.4, 0.5) is 10.3 Å². The number of hydrogen-bond acceptors (Lipinski definition) is 2. The van der Waals surface area contributed by atoms with Crippen molar-refractivity contribution in [1.29, 1.82) is 0 Å². The molecular formula is C12H15ClFN3. The van der Waals surface area contributed by atoms with Gasteiger partial charge in [0, 0.05) is 12.1 Å². The second kappa shape index (κ2) is 4.53. The van der Waals surface area contributed by atoms with E-state index < -0.39 is 5.82 Å². The minimum absolute atomic E-state index is 0.101. The molecule has 0 fully saturated rings. The first-order chi connectivity index (χ1) is 8.08. The predicted molar refractivity (Wildman–Crippen MR) is 68.7 cm³/mol. The van der Waals surface area contributed by atoms with Crippen molar-refractivity contribution < 1.29 is 4.39 Å². The lowest BCUT2D eigenvalue weighted by Crippen LogP contribution is -2.10. The second-order valence-electron chi connectivity index (χ2n) is 4.07. The molecule has 1 aromatic carbocycles. The first-order valence-corrected chi connectivity index (χ1v) is 6.08. The smallest absolute Gasteiger partial charge is 0.201 e. The fourth-order valence-electron chi connectivity index (χ4n) is 2.15. The van der Waals surface area contributed by atoms with Gasteiger partial charge in [-0.15, -0.1) is 0 Å². The molecule has 3 nitrogen and oxygen atoms in total. The van der Waals surface area contributed by atoms with Crippen LogP contribution >= 0.6 is 11.6 Å². The van der Waals surface area contributed by atoms with Gasteiger partial charge in [-0.25, -0.2) is 9.37 Å². The van der Waals surface area contributed by atoms with Crippen LogP contribution < -0.4 is 5.73 Å². The molecule has 1 aromatic heterocycles. The Labute approximate surface area is 104 Å². The van der Waals surface area contributed by atoms with E-state index in [1.807, 2.05) is 4.57 Å². The highest BCUT2D eigenvalue weighted by molar-refractivity contribution is 6.31. The third-order valence-corrected chi connectivity index (χ3v) is 3.36. The summed E-state index contributed by atoms with van der Waals surface area (Å²) >= 11 is 5.80. The van der Waals surface area contributed by atoms with Crippen LogP contribution in [-0.4, -0.2) is 9.55 Å². The molecule has 0 saturated carbocycles. The van der Waals surface area contributed by atoms with E-state index in [-0.39, 0.29) is 11.1 Å². The van der Waals surface area contributed by atoms with Crippen molar-refractivity contribution in [2.24, 2.45) is 0 Å². The van der Waals surface area contributed by atoms with Gasteiger partial charge in [-0.1, -0.05) is 25.4 Å². The number of rotatable bonds is 3. The molecule has 0 unspecified atom stereocenters. The molecular weight excluding hydrogens is 241 g/mol. The Morgan fingerprint density at radius 1 is 1.41 bits per heavy atom. The standard InChI is InChI=1S/C12H15ClFN3/c1-3-7(4-2)17-11-5-8(13)9(14)6-10(11)16-12(17)15/h5-7H,3-4H2,1-2H3,(H2,15,16). The zero-order valence-electron chi connectivity index (χ0n) is 9.87. The average Bonchev–Trinajstić information content (AvgIpc) is 2.59. The van der Waals surface area contributed by atoms with Crippen LogP contribution in [0.5, 0.6) is 0 Å². The molecule has 0 bridgehead atoms. The van der Waals surface area contributed by atoms with E-state index in [1.165, 1.54) is 6.07 Å². The maximum Gasteiger partial charge on any atom is 0.201 e. The minimum atomic E-state index is -0.464. The molecule has 5 heteroatoms. The van der Waals surface area contributed by atoms with Gasteiger partial charge in [0.25, 0.3) is 0 Å². The van der Waals surface area contributed by atoms with Crippen LogP contribution in [-0.2, 0) is 0 Å². The van der Waals surface area contributed by atoms with Gasteiger partial charge in [-0.05, 0) is 18.9 Å².